The zero-order valence-electron chi connectivity index (χ0n) is 18.5. The molecule has 2 amide bonds. The van der Waals surface area contributed by atoms with Gasteiger partial charge in [-0.3, -0.25) is 14.4 Å². The Hall–Kier alpha value is -1.21. The molecule has 3 aliphatic rings. The summed E-state index contributed by atoms with van der Waals surface area (Å²) in [5, 5.41) is 0. The summed E-state index contributed by atoms with van der Waals surface area (Å²) in [4.78, 5) is 40.4. The number of fused-ring (bicyclic) bond motifs is 5. The molecule has 2 aliphatic carbocycles. The van der Waals surface area contributed by atoms with Crippen LogP contribution >= 0.6 is 31.9 Å². The minimum absolute atomic E-state index is 0.122. The van der Waals surface area contributed by atoms with E-state index in [-0.39, 0.29) is 51.1 Å². The van der Waals surface area contributed by atoms with Gasteiger partial charge in [-0.05, 0) is 36.8 Å². The van der Waals surface area contributed by atoms with Crippen molar-refractivity contribution in [2.24, 2.45) is 23.7 Å². The average Bonchev–Trinajstić information content (AvgIpc) is 3.38. The smallest absolute Gasteiger partial charge is 0.311 e. The highest BCUT2D eigenvalue weighted by Crippen LogP contribution is 2.60. The summed E-state index contributed by atoms with van der Waals surface area (Å²) in [6, 6.07) is 6.81. The van der Waals surface area contributed by atoms with Crippen LogP contribution in [0.15, 0.2) is 24.3 Å². The van der Waals surface area contributed by atoms with Crippen LogP contribution in [0.3, 0.4) is 0 Å². The average molecular weight is 569 g/mol. The second-order valence-electron chi connectivity index (χ2n) is 9.36. The van der Waals surface area contributed by atoms with E-state index >= 15 is 0 Å². The van der Waals surface area contributed by atoms with E-state index < -0.39 is 0 Å². The molecule has 7 heteroatoms. The molecule has 0 N–H and O–H groups in total. The Bertz CT molecular complexity index is 843. The number of imide groups is 1. The summed E-state index contributed by atoms with van der Waals surface area (Å²) >= 11 is 7.43. The molecule has 0 aromatic heterocycles. The van der Waals surface area contributed by atoms with Crippen molar-refractivity contribution in [2.45, 2.75) is 74.4 Å². The maximum atomic E-state index is 13.2. The van der Waals surface area contributed by atoms with Gasteiger partial charge in [-0.2, -0.15) is 0 Å². The van der Waals surface area contributed by atoms with Gasteiger partial charge in [-0.1, -0.05) is 83.4 Å². The summed E-state index contributed by atoms with van der Waals surface area (Å²) in [7, 11) is 0. The molecule has 174 valence electrons. The zero-order valence-corrected chi connectivity index (χ0v) is 21.6. The molecule has 6 atom stereocenters. The fraction of sp³-hybridized carbons (Fsp3) is 0.640. The van der Waals surface area contributed by atoms with Crippen LogP contribution < -0.4 is 9.64 Å². The molecular formula is C25H31Br2NO4. The predicted octanol–water partition coefficient (Wildman–Crippen LogP) is 6.02. The number of carbonyl (C=O) groups is 3. The van der Waals surface area contributed by atoms with E-state index in [4.69, 9.17) is 4.74 Å². The molecule has 1 aliphatic heterocycles. The number of unbranched alkanes of at least 4 members (excludes halogenated alkanes) is 6. The Morgan fingerprint density at radius 3 is 2.19 bits per heavy atom. The molecule has 0 spiro atoms. The van der Waals surface area contributed by atoms with Crippen molar-refractivity contribution in [3.05, 3.63) is 24.3 Å². The molecular weight excluding hydrogens is 538 g/mol. The van der Waals surface area contributed by atoms with E-state index in [9.17, 15) is 14.4 Å². The van der Waals surface area contributed by atoms with Crippen molar-refractivity contribution in [3.63, 3.8) is 0 Å². The maximum Gasteiger partial charge on any atom is 0.311 e. The van der Waals surface area contributed by atoms with E-state index in [1.807, 2.05) is 0 Å². The second kappa shape index (κ2) is 10.4. The lowest BCUT2D eigenvalue weighted by atomic mass is 9.81. The van der Waals surface area contributed by atoms with Crippen molar-refractivity contribution in [1.82, 2.24) is 0 Å². The van der Waals surface area contributed by atoms with Crippen molar-refractivity contribution in [3.8, 4) is 5.75 Å². The largest absolute Gasteiger partial charge is 0.426 e. The van der Waals surface area contributed by atoms with Crippen LogP contribution in [0.25, 0.3) is 0 Å². The molecule has 32 heavy (non-hydrogen) atoms. The van der Waals surface area contributed by atoms with Gasteiger partial charge < -0.3 is 4.74 Å². The van der Waals surface area contributed by atoms with Gasteiger partial charge in [-0.15, -0.1) is 0 Å². The van der Waals surface area contributed by atoms with Crippen molar-refractivity contribution in [2.75, 3.05) is 4.90 Å². The summed E-state index contributed by atoms with van der Waals surface area (Å²) in [5.74, 6) is -0.284. The zero-order chi connectivity index (χ0) is 22.8. The van der Waals surface area contributed by atoms with Crippen LogP contribution in [-0.4, -0.2) is 27.4 Å². The highest BCUT2D eigenvalue weighted by molar-refractivity contribution is 9.12. The summed E-state index contributed by atoms with van der Waals surface area (Å²) in [6.45, 7) is 2.20. The van der Waals surface area contributed by atoms with Gasteiger partial charge in [-0.25, -0.2) is 4.90 Å². The first-order valence-corrected chi connectivity index (χ1v) is 13.7. The number of ether oxygens (including phenoxy) is 1. The predicted molar refractivity (Wildman–Crippen MR) is 131 cm³/mol. The van der Waals surface area contributed by atoms with Gasteiger partial charge in [0.05, 0.1) is 17.5 Å². The third kappa shape index (κ3) is 4.56. The Balaban J connectivity index is 1.34. The molecule has 0 radical (unpaired) electrons. The van der Waals surface area contributed by atoms with E-state index in [1.54, 1.807) is 24.3 Å². The molecule has 5 nitrogen and oxygen atoms in total. The van der Waals surface area contributed by atoms with Crippen molar-refractivity contribution >= 4 is 55.3 Å². The fourth-order valence-corrected chi connectivity index (χ4v) is 7.57. The minimum Gasteiger partial charge on any atom is -0.426 e. The number of carbonyl (C=O) groups excluding carboxylic acids is 3. The summed E-state index contributed by atoms with van der Waals surface area (Å²) in [5.41, 5.74) is 0.493. The molecule has 2 bridgehead atoms. The SMILES string of the molecule is CCCCCCCCCC(=O)Oc1cccc(N2C(=O)[C@@H]3[C@H]4C[C@@H]([C@H](Br)[C@@H]4Br)[C@@H]3C2=O)c1. The van der Waals surface area contributed by atoms with Gasteiger partial charge in [0.25, 0.3) is 0 Å². The topological polar surface area (TPSA) is 63.7 Å². The molecule has 3 fully saturated rings. The van der Waals surface area contributed by atoms with Crippen LogP contribution in [0.5, 0.6) is 5.75 Å². The Kier molecular flexibility index (Phi) is 7.76. The number of nitrogens with zero attached hydrogens (tertiary/aromatic N) is 1. The van der Waals surface area contributed by atoms with Crippen LogP contribution in [0.1, 0.15) is 64.7 Å². The van der Waals surface area contributed by atoms with Gasteiger partial charge in [0.2, 0.25) is 11.8 Å². The summed E-state index contributed by atoms with van der Waals surface area (Å²) < 4.78 is 5.51. The summed E-state index contributed by atoms with van der Waals surface area (Å²) in [6.07, 6.45) is 9.28. The van der Waals surface area contributed by atoms with Crippen molar-refractivity contribution < 1.29 is 19.1 Å². The molecule has 4 rings (SSSR count). The minimum atomic E-state index is -0.269. The van der Waals surface area contributed by atoms with E-state index in [2.05, 4.69) is 38.8 Å². The number of hydrogen-bond donors (Lipinski definition) is 0. The number of rotatable bonds is 10. The standard InChI is InChI=1S/C25H31Br2NO4/c1-2-3-4-5-6-7-8-12-19(29)32-16-11-9-10-15(13-16)28-24(30)20-17-14-18(21(20)25(28)31)23(27)22(17)26/h9-11,13,17-18,20-23H,2-8,12,14H2,1H3/t17-,18-,20-,21+,22-,23+/m1/s1. The lowest BCUT2D eigenvalue weighted by Gasteiger charge is -2.28. The fourth-order valence-electron chi connectivity index (χ4n) is 5.70. The Morgan fingerprint density at radius 2 is 1.56 bits per heavy atom. The number of halogens is 2. The Labute approximate surface area is 206 Å². The van der Waals surface area contributed by atoms with Crippen LogP contribution in [-0.2, 0) is 14.4 Å². The van der Waals surface area contributed by atoms with Gasteiger partial charge in [0.1, 0.15) is 5.75 Å². The second-order valence-corrected chi connectivity index (χ2v) is 11.5. The number of amides is 2. The third-order valence-electron chi connectivity index (χ3n) is 7.28. The molecule has 2 saturated carbocycles. The molecule has 1 heterocycles. The van der Waals surface area contributed by atoms with Crippen molar-refractivity contribution in [1.29, 1.82) is 0 Å². The van der Waals surface area contributed by atoms with Crippen LogP contribution in [0.2, 0.25) is 0 Å². The number of hydrogen-bond acceptors (Lipinski definition) is 4. The first-order valence-electron chi connectivity index (χ1n) is 11.9. The van der Waals surface area contributed by atoms with Gasteiger partial charge in [0.15, 0.2) is 0 Å². The highest BCUT2D eigenvalue weighted by atomic mass is 79.9. The third-order valence-corrected chi connectivity index (χ3v) is 10.5. The monoisotopic (exact) mass is 567 g/mol. The molecule has 1 aromatic rings. The van der Waals surface area contributed by atoms with Gasteiger partial charge >= 0.3 is 5.97 Å². The molecule has 1 aromatic carbocycles. The normalized spacial score (nSPS) is 30.8. The molecule has 1 saturated heterocycles. The number of benzene rings is 1. The number of anilines is 1. The molecule has 0 unspecified atom stereocenters. The van der Waals surface area contributed by atoms with E-state index in [1.165, 1.54) is 30.6 Å². The van der Waals surface area contributed by atoms with E-state index in [0.717, 1.165) is 25.7 Å². The number of esters is 1. The highest BCUT2D eigenvalue weighted by Gasteiger charge is 2.66. The quantitative estimate of drug-likeness (QED) is 0.114. The maximum absolute atomic E-state index is 13.2. The van der Waals surface area contributed by atoms with Gasteiger partial charge in [0, 0.05) is 22.1 Å². The first-order chi connectivity index (χ1) is 15.4. The van der Waals surface area contributed by atoms with Crippen LogP contribution in [0, 0.1) is 23.7 Å². The lowest BCUT2D eigenvalue weighted by Crippen LogP contribution is -2.37. The first kappa shape index (κ1) is 23.9. The lowest BCUT2D eigenvalue weighted by molar-refractivity contribution is -0.134. The Morgan fingerprint density at radius 1 is 0.969 bits per heavy atom. The number of alkyl halides is 2. The van der Waals surface area contributed by atoms with E-state index in [0.29, 0.717) is 17.9 Å². The van der Waals surface area contributed by atoms with Crippen LogP contribution in [0.4, 0.5) is 5.69 Å².